The van der Waals surface area contributed by atoms with Gasteiger partial charge in [0.05, 0.1) is 11.3 Å². The number of hydrogen-bond acceptors (Lipinski definition) is 5. The van der Waals surface area contributed by atoms with Crippen molar-refractivity contribution in [3.63, 3.8) is 0 Å². The van der Waals surface area contributed by atoms with Crippen molar-refractivity contribution < 1.29 is 4.79 Å². The lowest BCUT2D eigenvalue weighted by atomic mass is 9.98. The number of rotatable bonds is 3. The molecule has 1 amide bonds. The van der Waals surface area contributed by atoms with Crippen LogP contribution in [0.15, 0.2) is 66.3 Å². The fourth-order valence-electron chi connectivity index (χ4n) is 2.93. The molecule has 1 unspecified atom stereocenters. The van der Waals surface area contributed by atoms with E-state index in [-0.39, 0.29) is 5.91 Å². The molecule has 3 aromatic rings. The third kappa shape index (κ3) is 2.93. The average molecular weight is 367 g/mol. The van der Waals surface area contributed by atoms with Gasteiger partial charge in [-0.15, -0.1) is 0 Å². The maximum atomic E-state index is 13.0. The Morgan fingerprint density at radius 1 is 1.19 bits per heavy atom. The summed E-state index contributed by atoms with van der Waals surface area (Å²) in [5.41, 5.74) is 2.59. The molecule has 1 aliphatic rings. The van der Waals surface area contributed by atoms with E-state index >= 15 is 0 Å². The van der Waals surface area contributed by atoms with Crippen molar-refractivity contribution in [3.8, 4) is 0 Å². The van der Waals surface area contributed by atoms with Crippen molar-refractivity contribution in [2.45, 2.75) is 13.0 Å². The highest BCUT2D eigenvalue weighted by Gasteiger charge is 2.34. The van der Waals surface area contributed by atoms with Crippen molar-refractivity contribution in [1.82, 2.24) is 19.7 Å². The zero-order valence-corrected chi connectivity index (χ0v) is 14.6. The van der Waals surface area contributed by atoms with Crippen molar-refractivity contribution in [2.24, 2.45) is 0 Å². The van der Waals surface area contributed by atoms with Gasteiger partial charge in [0.1, 0.15) is 12.4 Å². The molecule has 0 bridgehead atoms. The highest BCUT2D eigenvalue weighted by atomic mass is 35.5. The quantitative estimate of drug-likeness (QED) is 0.743. The second kappa shape index (κ2) is 6.61. The summed E-state index contributed by atoms with van der Waals surface area (Å²) in [6.07, 6.45) is 3.14. The molecule has 1 aromatic carbocycles. The molecule has 8 heteroatoms. The Bertz CT molecular complexity index is 980. The Morgan fingerprint density at radius 3 is 2.73 bits per heavy atom. The number of anilines is 2. The molecule has 130 valence electrons. The topological polar surface area (TPSA) is 84.7 Å². The van der Waals surface area contributed by atoms with Gasteiger partial charge in [-0.05, 0) is 43.3 Å². The summed E-state index contributed by atoms with van der Waals surface area (Å²) in [6, 6.07) is 12.1. The Hall–Kier alpha value is -3.19. The van der Waals surface area contributed by atoms with Crippen LogP contribution in [-0.2, 0) is 4.79 Å². The number of halogens is 1. The molecule has 4 rings (SSSR count). The first-order valence-electron chi connectivity index (χ1n) is 7.98. The van der Waals surface area contributed by atoms with Gasteiger partial charge in [0.25, 0.3) is 5.91 Å². The number of nitrogens with zero attached hydrogens (tertiary/aromatic N) is 4. The summed E-state index contributed by atoms with van der Waals surface area (Å²) < 4.78 is 1.66. The number of nitrogens with one attached hydrogen (secondary N) is 2. The molecule has 0 saturated heterocycles. The number of amides is 1. The zero-order chi connectivity index (χ0) is 18.1. The third-order valence-electron chi connectivity index (χ3n) is 4.11. The summed E-state index contributed by atoms with van der Waals surface area (Å²) >= 11 is 5.91. The molecule has 2 N–H and O–H groups in total. The van der Waals surface area contributed by atoms with E-state index in [0.717, 1.165) is 0 Å². The molecule has 0 fully saturated rings. The van der Waals surface area contributed by atoms with Crippen LogP contribution in [-0.4, -0.2) is 25.7 Å². The lowest BCUT2D eigenvalue weighted by Crippen LogP contribution is -2.32. The minimum absolute atomic E-state index is 0.242. The Labute approximate surface area is 154 Å². The van der Waals surface area contributed by atoms with E-state index in [9.17, 15) is 4.79 Å². The van der Waals surface area contributed by atoms with Crippen molar-refractivity contribution >= 4 is 29.1 Å². The lowest BCUT2D eigenvalue weighted by Gasteiger charge is -2.28. The van der Waals surface area contributed by atoms with Crippen LogP contribution in [0, 0.1) is 0 Å². The summed E-state index contributed by atoms with van der Waals surface area (Å²) in [7, 11) is 0. The maximum absolute atomic E-state index is 13.0. The first kappa shape index (κ1) is 16.3. The van der Waals surface area contributed by atoms with Gasteiger partial charge in [0.2, 0.25) is 5.95 Å². The summed E-state index contributed by atoms with van der Waals surface area (Å²) in [5.74, 6) is 0.329. The monoisotopic (exact) mass is 366 g/mol. The number of hydrogen-bond donors (Lipinski definition) is 2. The van der Waals surface area contributed by atoms with Gasteiger partial charge in [0, 0.05) is 22.6 Å². The predicted octanol–water partition coefficient (Wildman–Crippen LogP) is 3.25. The molecule has 3 heterocycles. The number of allylic oxidation sites excluding steroid dienone is 1. The number of carbonyl (C=O) groups excluding carboxylic acids is 1. The molecule has 2 aromatic heterocycles. The molecule has 0 radical (unpaired) electrons. The van der Waals surface area contributed by atoms with Crippen LogP contribution in [0.1, 0.15) is 18.7 Å². The van der Waals surface area contributed by atoms with Gasteiger partial charge in [0.15, 0.2) is 0 Å². The predicted molar refractivity (Wildman–Crippen MR) is 98.8 cm³/mol. The first-order valence-corrected chi connectivity index (χ1v) is 8.36. The Morgan fingerprint density at radius 2 is 2.00 bits per heavy atom. The smallest absolute Gasteiger partial charge is 0.255 e. The number of benzene rings is 1. The average Bonchev–Trinajstić information content (AvgIpc) is 3.11. The van der Waals surface area contributed by atoms with Crippen LogP contribution < -0.4 is 10.6 Å². The van der Waals surface area contributed by atoms with Gasteiger partial charge in [-0.2, -0.15) is 10.1 Å². The van der Waals surface area contributed by atoms with Gasteiger partial charge in [-0.3, -0.25) is 9.78 Å². The highest BCUT2D eigenvalue weighted by Crippen LogP contribution is 2.34. The molecule has 0 aliphatic carbocycles. The van der Waals surface area contributed by atoms with Gasteiger partial charge < -0.3 is 10.6 Å². The van der Waals surface area contributed by atoms with Crippen molar-refractivity contribution in [2.75, 3.05) is 10.6 Å². The van der Waals surface area contributed by atoms with Crippen LogP contribution in [0.5, 0.6) is 0 Å². The normalized spacial score (nSPS) is 16.0. The number of carbonyl (C=O) groups is 1. The van der Waals surface area contributed by atoms with E-state index < -0.39 is 6.04 Å². The minimum atomic E-state index is -0.470. The largest absolute Gasteiger partial charge is 0.328 e. The number of aromatic nitrogens is 4. The molecule has 0 spiro atoms. The van der Waals surface area contributed by atoms with E-state index in [1.165, 1.54) is 6.33 Å². The maximum Gasteiger partial charge on any atom is 0.255 e. The van der Waals surface area contributed by atoms with Gasteiger partial charge in [-0.25, -0.2) is 4.68 Å². The van der Waals surface area contributed by atoms with Gasteiger partial charge >= 0.3 is 0 Å². The summed E-state index contributed by atoms with van der Waals surface area (Å²) in [6.45, 7) is 1.84. The molecule has 26 heavy (non-hydrogen) atoms. The minimum Gasteiger partial charge on any atom is -0.328 e. The zero-order valence-electron chi connectivity index (χ0n) is 13.8. The second-order valence-electron chi connectivity index (χ2n) is 5.81. The Balaban J connectivity index is 1.74. The van der Waals surface area contributed by atoms with Crippen molar-refractivity contribution in [3.05, 3.63) is 77.0 Å². The van der Waals surface area contributed by atoms with Crippen LogP contribution in [0.25, 0.3) is 0 Å². The van der Waals surface area contributed by atoms with E-state index in [0.29, 0.717) is 33.6 Å². The molecule has 1 aliphatic heterocycles. The Kier molecular flexibility index (Phi) is 4.14. The summed E-state index contributed by atoms with van der Waals surface area (Å²) in [4.78, 5) is 21.7. The second-order valence-corrected chi connectivity index (χ2v) is 6.25. The molecule has 0 saturated carbocycles. The standard InChI is InChI=1S/C18H15ClN6O/c1-11-15(17(26)24-13-7-5-12(19)6-8-13)16(14-4-2-3-9-20-14)25-18(23-11)21-10-22-25/h2-10,16H,1H3,(H,24,26)(H,21,22,23). The highest BCUT2D eigenvalue weighted by molar-refractivity contribution is 6.30. The number of fused-ring (bicyclic) bond motifs is 1. The van der Waals surface area contributed by atoms with E-state index in [2.05, 4.69) is 25.7 Å². The SMILES string of the molecule is CC1=C(C(=O)Nc2ccc(Cl)cc2)C(c2ccccn2)n2ncnc2N1. The van der Waals surface area contributed by atoms with E-state index in [4.69, 9.17) is 11.6 Å². The fraction of sp³-hybridized carbons (Fsp3) is 0.111. The molecule has 1 atom stereocenters. The van der Waals surface area contributed by atoms with Crippen LogP contribution >= 0.6 is 11.6 Å². The fourth-order valence-corrected chi connectivity index (χ4v) is 3.05. The molecular weight excluding hydrogens is 352 g/mol. The first-order chi connectivity index (χ1) is 12.6. The third-order valence-corrected chi connectivity index (χ3v) is 4.36. The number of pyridine rings is 1. The van der Waals surface area contributed by atoms with Crippen LogP contribution in [0.3, 0.4) is 0 Å². The van der Waals surface area contributed by atoms with E-state index in [1.807, 2.05) is 25.1 Å². The lowest BCUT2D eigenvalue weighted by molar-refractivity contribution is -0.113. The molecule has 7 nitrogen and oxygen atoms in total. The summed E-state index contributed by atoms with van der Waals surface area (Å²) in [5, 5.41) is 10.9. The van der Waals surface area contributed by atoms with Crippen LogP contribution in [0.2, 0.25) is 5.02 Å². The van der Waals surface area contributed by atoms with E-state index in [1.54, 1.807) is 35.1 Å². The molecular formula is C18H15ClN6O. The van der Waals surface area contributed by atoms with Crippen LogP contribution in [0.4, 0.5) is 11.6 Å². The van der Waals surface area contributed by atoms with Gasteiger partial charge in [-0.1, -0.05) is 17.7 Å². The van der Waals surface area contributed by atoms with Crippen molar-refractivity contribution in [1.29, 1.82) is 0 Å².